The fraction of sp³-hybridized carbons (Fsp3) is 0.750. The Kier molecular flexibility index (Phi) is 2.17. The number of carbonyl (C=O) groups excluding carboxylic acids is 1. The Bertz CT molecular complexity index is 275. The number of fused-ring (bicyclic) bond motifs is 2. The highest BCUT2D eigenvalue weighted by Gasteiger charge is 2.37. The van der Waals surface area contributed by atoms with Crippen molar-refractivity contribution in [2.45, 2.75) is 39.7 Å². The van der Waals surface area contributed by atoms with Crippen molar-refractivity contribution in [1.82, 2.24) is 4.90 Å². The van der Waals surface area contributed by atoms with E-state index in [1.54, 1.807) is 0 Å². The minimum absolute atomic E-state index is 0.231. The number of hydrogen-bond acceptors (Lipinski definition) is 1. The maximum Gasteiger partial charge on any atom is 0.228 e. The van der Waals surface area contributed by atoms with Crippen molar-refractivity contribution in [1.29, 1.82) is 0 Å². The SMILES string of the molecule is CC(C)(C)C(=O)N1CC2C=CC1CC2. The molecule has 1 aliphatic carbocycles. The Hall–Kier alpha value is -0.790. The van der Waals surface area contributed by atoms with Gasteiger partial charge in [0.1, 0.15) is 0 Å². The summed E-state index contributed by atoms with van der Waals surface area (Å²) in [5, 5.41) is 0. The molecule has 3 aliphatic rings. The van der Waals surface area contributed by atoms with Gasteiger partial charge in [-0.15, -0.1) is 0 Å². The summed E-state index contributed by atoms with van der Waals surface area (Å²) in [6.45, 7) is 6.95. The van der Waals surface area contributed by atoms with Crippen LogP contribution in [0.25, 0.3) is 0 Å². The third-order valence-electron chi connectivity index (χ3n) is 3.17. The summed E-state index contributed by atoms with van der Waals surface area (Å²) in [5.74, 6) is 0.919. The lowest BCUT2D eigenvalue weighted by molar-refractivity contribution is -0.143. The molecule has 0 saturated carbocycles. The average molecular weight is 193 g/mol. The van der Waals surface area contributed by atoms with Crippen LogP contribution in [-0.4, -0.2) is 23.4 Å². The van der Waals surface area contributed by atoms with Gasteiger partial charge in [-0.1, -0.05) is 32.9 Å². The molecule has 2 heterocycles. The van der Waals surface area contributed by atoms with Crippen LogP contribution in [-0.2, 0) is 4.79 Å². The topological polar surface area (TPSA) is 20.3 Å². The van der Waals surface area contributed by atoms with Crippen LogP contribution in [0.5, 0.6) is 0 Å². The predicted molar refractivity (Wildman–Crippen MR) is 56.8 cm³/mol. The first-order valence-corrected chi connectivity index (χ1v) is 5.48. The molecule has 2 unspecified atom stereocenters. The van der Waals surface area contributed by atoms with Gasteiger partial charge in [-0.25, -0.2) is 0 Å². The lowest BCUT2D eigenvalue weighted by atomic mass is 9.83. The zero-order chi connectivity index (χ0) is 10.3. The van der Waals surface area contributed by atoms with E-state index in [4.69, 9.17) is 0 Å². The highest BCUT2D eigenvalue weighted by molar-refractivity contribution is 5.82. The van der Waals surface area contributed by atoms with Crippen LogP contribution in [0.3, 0.4) is 0 Å². The average Bonchev–Trinajstić information content (AvgIpc) is 2.17. The normalized spacial score (nSPS) is 30.9. The van der Waals surface area contributed by atoms with E-state index in [-0.39, 0.29) is 5.41 Å². The van der Waals surface area contributed by atoms with E-state index in [1.807, 2.05) is 20.8 Å². The highest BCUT2D eigenvalue weighted by Crippen LogP contribution is 2.32. The van der Waals surface area contributed by atoms with Gasteiger partial charge in [-0.2, -0.15) is 0 Å². The number of amides is 1. The van der Waals surface area contributed by atoms with Gasteiger partial charge < -0.3 is 4.90 Å². The fourth-order valence-electron chi connectivity index (χ4n) is 2.33. The van der Waals surface area contributed by atoms with Gasteiger partial charge in [0.25, 0.3) is 0 Å². The van der Waals surface area contributed by atoms with Crippen LogP contribution in [0.1, 0.15) is 33.6 Å². The van der Waals surface area contributed by atoms with Crippen LogP contribution < -0.4 is 0 Å². The van der Waals surface area contributed by atoms with E-state index in [1.165, 1.54) is 6.42 Å². The van der Waals surface area contributed by atoms with Crippen LogP contribution >= 0.6 is 0 Å². The summed E-state index contributed by atoms with van der Waals surface area (Å²) in [6.07, 6.45) is 6.90. The summed E-state index contributed by atoms with van der Waals surface area (Å²) in [5.41, 5.74) is -0.231. The molecule has 2 atom stereocenters. The molecule has 2 nitrogen and oxygen atoms in total. The Morgan fingerprint density at radius 3 is 2.36 bits per heavy atom. The molecule has 0 N–H and O–H groups in total. The van der Waals surface area contributed by atoms with E-state index in [2.05, 4.69) is 17.1 Å². The molecule has 2 aliphatic heterocycles. The molecule has 78 valence electrons. The Morgan fingerprint density at radius 1 is 1.29 bits per heavy atom. The maximum atomic E-state index is 12.1. The van der Waals surface area contributed by atoms with Crippen molar-refractivity contribution < 1.29 is 4.79 Å². The van der Waals surface area contributed by atoms with Gasteiger partial charge in [0.05, 0.1) is 6.04 Å². The van der Waals surface area contributed by atoms with Gasteiger partial charge in [0.15, 0.2) is 0 Å². The quantitative estimate of drug-likeness (QED) is 0.540. The van der Waals surface area contributed by atoms with Gasteiger partial charge >= 0.3 is 0 Å². The standard InChI is InChI=1S/C12H19NO/c1-12(2,3)11(14)13-8-9-4-6-10(13)7-5-9/h4,6,9-10H,5,7-8H2,1-3H3. The molecule has 14 heavy (non-hydrogen) atoms. The second-order valence-electron chi connectivity index (χ2n) is 5.50. The van der Waals surface area contributed by atoms with Gasteiger partial charge in [0.2, 0.25) is 5.91 Å². The van der Waals surface area contributed by atoms with Gasteiger partial charge in [-0.3, -0.25) is 4.79 Å². The lowest BCUT2D eigenvalue weighted by Gasteiger charge is -2.43. The Labute approximate surface area is 86.0 Å². The molecule has 0 radical (unpaired) electrons. The molecule has 2 bridgehead atoms. The molecule has 0 aromatic carbocycles. The summed E-state index contributed by atoms with van der Waals surface area (Å²) >= 11 is 0. The molecule has 1 saturated heterocycles. The molecule has 3 rings (SSSR count). The van der Waals surface area contributed by atoms with Crippen LogP contribution in [0.2, 0.25) is 0 Å². The van der Waals surface area contributed by atoms with E-state index in [9.17, 15) is 4.79 Å². The Morgan fingerprint density at radius 2 is 2.00 bits per heavy atom. The minimum Gasteiger partial charge on any atom is -0.335 e. The molecule has 0 spiro atoms. The molecular weight excluding hydrogens is 174 g/mol. The number of piperidine rings is 1. The van der Waals surface area contributed by atoms with Crippen molar-refractivity contribution in [2.24, 2.45) is 11.3 Å². The summed E-state index contributed by atoms with van der Waals surface area (Å²) < 4.78 is 0. The molecule has 1 fully saturated rings. The van der Waals surface area contributed by atoms with Crippen LogP contribution in [0.4, 0.5) is 0 Å². The van der Waals surface area contributed by atoms with E-state index < -0.39 is 0 Å². The van der Waals surface area contributed by atoms with Crippen LogP contribution in [0, 0.1) is 11.3 Å². The first kappa shape index (κ1) is 9.75. The van der Waals surface area contributed by atoms with Gasteiger partial charge in [0, 0.05) is 12.0 Å². The van der Waals surface area contributed by atoms with Crippen molar-refractivity contribution in [3.63, 3.8) is 0 Å². The fourth-order valence-corrected chi connectivity index (χ4v) is 2.33. The molecule has 2 heteroatoms. The first-order valence-electron chi connectivity index (χ1n) is 5.48. The van der Waals surface area contributed by atoms with Crippen LogP contribution in [0.15, 0.2) is 12.2 Å². The number of carbonyl (C=O) groups is 1. The van der Waals surface area contributed by atoms with E-state index >= 15 is 0 Å². The zero-order valence-electron chi connectivity index (χ0n) is 9.29. The third kappa shape index (κ3) is 1.58. The largest absolute Gasteiger partial charge is 0.335 e. The summed E-state index contributed by atoms with van der Waals surface area (Å²) in [6, 6.07) is 0.381. The van der Waals surface area contributed by atoms with E-state index in [0.717, 1.165) is 13.0 Å². The first-order chi connectivity index (χ1) is 6.48. The van der Waals surface area contributed by atoms with Crippen molar-refractivity contribution in [2.75, 3.05) is 6.54 Å². The monoisotopic (exact) mass is 193 g/mol. The Balaban J connectivity index is 2.14. The lowest BCUT2D eigenvalue weighted by Crippen LogP contribution is -2.51. The summed E-state index contributed by atoms with van der Waals surface area (Å²) in [4.78, 5) is 14.2. The predicted octanol–water partition coefficient (Wildman–Crippen LogP) is 2.21. The number of nitrogens with zero attached hydrogens (tertiary/aromatic N) is 1. The number of hydrogen-bond donors (Lipinski definition) is 0. The van der Waals surface area contributed by atoms with Crippen molar-refractivity contribution in [3.05, 3.63) is 12.2 Å². The minimum atomic E-state index is -0.231. The highest BCUT2D eigenvalue weighted by atomic mass is 16.2. The van der Waals surface area contributed by atoms with E-state index in [0.29, 0.717) is 17.9 Å². The second kappa shape index (κ2) is 3.11. The van der Waals surface area contributed by atoms with Crippen molar-refractivity contribution >= 4 is 5.91 Å². The zero-order valence-corrected chi connectivity index (χ0v) is 9.29. The molecule has 1 amide bonds. The summed E-state index contributed by atoms with van der Waals surface area (Å²) in [7, 11) is 0. The molecule has 0 aromatic heterocycles. The molecular formula is C12H19NO. The third-order valence-corrected chi connectivity index (χ3v) is 3.17. The number of rotatable bonds is 0. The van der Waals surface area contributed by atoms with Crippen molar-refractivity contribution in [3.8, 4) is 0 Å². The maximum absolute atomic E-state index is 12.1. The molecule has 0 aromatic rings. The van der Waals surface area contributed by atoms with Gasteiger partial charge in [-0.05, 0) is 18.8 Å². The smallest absolute Gasteiger partial charge is 0.228 e. The second-order valence-corrected chi connectivity index (χ2v) is 5.50.